The van der Waals surface area contributed by atoms with E-state index in [-0.39, 0.29) is 22.5 Å². The molecule has 0 aliphatic heterocycles. The third kappa shape index (κ3) is 4.19. The molecule has 0 unspecified atom stereocenters. The largest absolute Gasteiger partial charge is 0.293 e. The Labute approximate surface area is 141 Å². The highest BCUT2D eigenvalue weighted by molar-refractivity contribution is 8.00. The van der Waals surface area contributed by atoms with E-state index in [1.165, 1.54) is 17.3 Å². The number of carbonyl (C=O) groups excluding carboxylic acids is 1. The summed E-state index contributed by atoms with van der Waals surface area (Å²) >= 11 is 1.40. The Morgan fingerprint density at radius 1 is 1.13 bits per heavy atom. The molecule has 0 N–H and O–H groups in total. The van der Waals surface area contributed by atoms with Gasteiger partial charge in [-0.15, -0.1) is 5.10 Å². The van der Waals surface area contributed by atoms with Crippen molar-refractivity contribution in [3.8, 4) is 0 Å². The van der Waals surface area contributed by atoms with Crippen molar-refractivity contribution < 1.29 is 4.79 Å². The molecule has 2 aromatic rings. The molecule has 1 atom stereocenters. The first-order chi connectivity index (χ1) is 10.7. The Bertz CT molecular complexity index is 671. The zero-order chi connectivity index (χ0) is 17.2. The Balaban J connectivity index is 2.12. The number of aromatic nitrogens is 4. The number of benzene rings is 1. The fourth-order valence-corrected chi connectivity index (χ4v) is 3.17. The van der Waals surface area contributed by atoms with Crippen molar-refractivity contribution in [2.75, 3.05) is 0 Å². The lowest BCUT2D eigenvalue weighted by atomic mass is 9.86. The predicted molar refractivity (Wildman–Crippen MR) is 93.0 cm³/mol. The first kappa shape index (κ1) is 17.7. The van der Waals surface area contributed by atoms with Crippen molar-refractivity contribution in [2.24, 2.45) is 0 Å². The minimum absolute atomic E-state index is 0.0846. The van der Waals surface area contributed by atoms with E-state index >= 15 is 0 Å². The zero-order valence-corrected chi connectivity index (χ0v) is 15.4. The van der Waals surface area contributed by atoms with Crippen LogP contribution in [0.25, 0.3) is 0 Å². The Hall–Kier alpha value is -1.69. The fourth-order valence-electron chi connectivity index (χ4n) is 2.17. The molecule has 0 spiro atoms. The van der Waals surface area contributed by atoms with Crippen LogP contribution in [0.1, 0.15) is 63.5 Å². The van der Waals surface area contributed by atoms with Gasteiger partial charge in [0.2, 0.25) is 5.16 Å². The van der Waals surface area contributed by atoms with E-state index in [9.17, 15) is 4.79 Å². The molecular formula is C17H24N4OS. The molecule has 0 aliphatic carbocycles. The van der Waals surface area contributed by atoms with E-state index < -0.39 is 0 Å². The van der Waals surface area contributed by atoms with Gasteiger partial charge in [-0.3, -0.25) is 4.79 Å². The first-order valence-corrected chi connectivity index (χ1v) is 8.67. The van der Waals surface area contributed by atoms with Gasteiger partial charge in [0.25, 0.3) is 0 Å². The van der Waals surface area contributed by atoms with Gasteiger partial charge in [0, 0.05) is 5.56 Å². The standard InChI is InChI=1S/C17H24N4OS/c1-11(2)21-16(18-19-20-21)23-12(3)15(22)13-7-9-14(10-8-13)17(4,5)6/h7-12H,1-6H3/t12-/m1/s1. The van der Waals surface area contributed by atoms with Gasteiger partial charge >= 0.3 is 0 Å². The smallest absolute Gasteiger partial charge is 0.210 e. The average Bonchev–Trinajstić information content (AvgIpc) is 2.94. The Morgan fingerprint density at radius 3 is 2.26 bits per heavy atom. The van der Waals surface area contributed by atoms with E-state index in [1.54, 1.807) is 4.68 Å². The van der Waals surface area contributed by atoms with Crippen molar-refractivity contribution in [2.45, 2.75) is 63.4 Å². The number of nitrogens with zero attached hydrogens (tertiary/aromatic N) is 4. The molecule has 1 aromatic heterocycles. The second-order valence-electron chi connectivity index (χ2n) is 6.95. The van der Waals surface area contributed by atoms with Gasteiger partial charge in [0.15, 0.2) is 5.78 Å². The lowest BCUT2D eigenvalue weighted by Crippen LogP contribution is -2.16. The molecule has 0 amide bonds. The van der Waals surface area contributed by atoms with E-state index in [2.05, 4.69) is 36.3 Å². The van der Waals surface area contributed by atoms with Crippen molar-refractivity contribution >= 4 is 17.5 Å². The summed E-state index contributed by atoms with van der Waals surface area (Å²) in [5.41, 5.74) is 2.03. The highest BCUT2D eigenvalue weighted by Crippen LogP contribution is 2.26. The summed E-state index contributed by atoms with van der Waals surface area (Å²) in [5, 5.41) is 12.1. The number of hydrogen-bond donors (Lipinski definition) is 0. The molecule has 23 heavy (non-hydrogen) atoms. The number of hydrogen-bond acceptors (Lipinski definition) is 5. The van der Waals surface area contributed by atoms with Crippen LogP contribution in [0.3, 0.4) is 0 Å². The zero-order valence-electron chi connectivity index (χ0n) is 14.6. The highest BCUT2D eigenvalue weighted by Gasteiger charge is 2.21. The van der Waals surface area contributed by atoms with Crippen molar-refractivity contribution in [3.05, 3.63) is 35.4 Å². The molecule has 1 aromatic carbocycles. The topological polar surface area (TPSA) is 60.7 Å². The molecule has 6 heteroatoms. The molecule has 0 bridgehead atoms. The number of carbonyl (C=O) groups is 1. The van der Waals surface area contributed by atoms with Crippen LogP contribution in [0.5, 0.6) is 0 Å². The SMILES string of the molecule is CC(C)n1nnnc1S[C@H](C)C(=O)c1ccc(C(C)(C)C)cc1. The summed E-state index contributed by atoms with van der Waals surface area (Å²) in [6, 6.07) is 8.04. The summed E-state index contributed by atoms with van der Waals surface area (Å²) in [6.07, 6.45) is 0. The van der Waals surface area contributed by atoms with Crippen LogP contribution >= 0.6 is 11.8 Å². The van der Waals surface area contributed by atoms with E-state index in [4.69, 9.17) is 0 Å². The van der Waals surface area contributed by atoms with Gasteiger partial charge in [-0.1, -0.05) is 56.8 Å². The van der Waals surface area contributed by atoms with Crippen LogP contribution in [-0.2, 0) is 5.41 Å². The van der Waals surface area contributed by atoms with Crippen molar-refractivity contribution in [1.82, 2.24) is 20.2 Å². The van der Waals surface area contributed by atoms with Crippen LogP contribution in [0.2, 0.25) is 0 Å². The Kier molecular flexibility index (Phi) is 5.24. The normalized spacial score (nSPS) is 13.3. The highest BCUT2D eigenvalue weighted by atomic mass is 32.2. The Morgan fingerprint density at radius 2 is 1.74 bits per heavy atom. The molecule has 0 saturated heterocycles. The maximum Gasteiger partial charge on any atom is 0.210 e. The molecule has 5 nitrogen and oxygen atoms in total. The summed E-state index contributed by atoms with van der Waals surface area (Å²) in [6.45, 7) is 12.4. The maximum absolute atomic E-state index is 12.6. The van der Waals surface area contributed by atoms with E-state index in [1.807, 2.05) is 45.0 Å². The summed E-state index contributed by atoms with van der Waals surface area (Å²) in [7, 11) is 0. The number of tetrazole rings is 1. The second kappa shape index (κ2) is 6.83. The first-order valence-electron chi connectivity index (χ1n) is 7.79. The molecule has 0 aliphatic rings. The number of Topliss-reactive ketones (excluding diaryl/α,β-unsaturated/α-hetero) is 1. The summed E-state index contributed by atoms with van der Waals surface area (Å²) in [5.74, 6) is 0.0914. The molecule has 0 saturated carbocycles. The van der Waals surface area contributed by atoms with E-state index in [0.717, 1.165) is 5.56 Å². The number of rotatable bonds is 5. The molecule has 0 fully saturated rings. The summed E-state index contributed by atoms with van der Waals surface area (Å²) in [4.78, 5) is 12.6. The number of thioether (sulfide) groups is 1. The molecule has 124 valence electrons. The maximum atomic E-state index is 12.6. The van der Waals surface area contributed by atoms with Gasteiger partial charge < -0.3 is 0 Å². The molecule has 1 heterocycles. The second-order valence-corrected chi connectivity index (χ2v) is 8.26. The van der Waals surface area contributed by atoms with Gasteiger partial charge in [0.1, 0.15) is 0 Å². The van der Waals surface area contributed by atoms with Crippen LogP contribution < -0.4 is 0 Å². The van der Waals surface area contributed by atoms with Crippen LogP contribution in [0.15, 0.2) is 29.4 Å². The van der Waals surface area contributed by atoms with E-state index in [0.29, 0.717) is 5.16 Å². The van der Waals surface area contributed by atoms with Gasteiger partial charge in [-0.25, -0.2) is 4.68 Å². The molecule has 0 radical (unpaired) electrons. The van der Waals surface area contributed by atoms with Crippen LogP contribution in [-0.4, -0.2) is 31.2 Å². The average molecular weight is 332 g/mol. The number of ketones is 1. The minimum atomic E-state index is -0.237. The predicted octanol–water partition coefficient (Wildman–Crippen LogP) is 3.92. The third-order valence-electron chi connectivity index (χ3n) is 3.64. The van der Waals surface area contributed by atoms with Gasteiger partial charge in [0.05, 0.1) is 11.3 Å². The van der Waals surface area contributed by atoms with Crippen molar-refractivity contribution in [1.29, 1.82) is 0 Å². The third-order valence-corrected chi connectivity index (χ3v) is 4.69. The fraction of sp³-hybridized carbons (Fsp3) is 0.529. The van der Waals surface area contributed by atoms with Crippen LogP contribution in [0.4, 0.5) is 0 Å². The quantitative estimate of drug-likeness (QED) is 0.613. The minimum Gasteiger partial charge on any atom is -0.293 e. The summed E-state index contributed by atoms with van der Waals surface area (Å²) < 4.78 is 1.73. The monoisotopic (exact) mass is 332 g/mol. The van der Waals surface area contributed by atoms with Crippen LogP contribution in [0, 0.1) is 0 Å². The van der Waals surface area contributed by atoms with Gasteiger partial charge in [-0.2, -0.15) is 0 Å². The lowest BCUT2D eigenvalue weighted by molar-refractivity contribution is 0.0993. The van der Waals surface area contributed by atoms with Gasteiger partial charge in [-0.05, 0) is 42.2 Å². The van der Waals surface area contributed by atoms with Crippen molar-refractivity contribution in [3.63, 3.8) is 0 Å². The molecular weight excluding hydrogens is 308 g/mol. The lowest BCUT2D eigenvalue weighted by Gasteiger charge is -2.19. The molecule has 2 rings (SSSR count).